The Morgan fingerprint density at radius 1 is 0.655 bits per heavy atom. The van der Waals surface area contributed by atoms with Gasteiger partial charge >= 0.3 is 7.82 Å². The van der Waals surface area contributed by atoms with Crippen molar-refractivity contribution in [3.63, 3.8) is 0 Å². The van der Waals surface area contributed by atoms with Crippen molar-refractivity contribution in [1.29, 1.82) is 0 Å². The fourth-order valence-electron chi connectivity index (χ4n) is 5.18. The van der Waals surface area contributed by atoms with E-state index in [0.29, 0.717) is 79.0 Å². The molecule has 16 heteroatoms. The molecular weight excluding hydrogens is 733 g/mol. The summed E-state index contributed by atoms with van der Waals surface area (Å²) in [5.74, 6) is 6.05. The van der Waals surface area contributed by atoms with Crippen molar-refractivity contribution in [3.05, 3.63) is 65.2 Å². The van der Waals surface area contributed by atoms with E-state index < -0.39 is 7.82 Å². The molecule has 0 radical (unpaired) electrons. The third kappa shape index (κ3) is 20.2. The Morgan fingerprint density at radius 2 is 1.16 bits per heavy atom. The second kappa shape index (κ2) is 27.8. The van der Waals surface area contributed by atoms with Gasteiger partial charge in [-0.2, -0.15) is 0 Å². The zero-order valence-electron chi connectivity index (χ0n) is 31.8. The summed E-state index contributed by atoms with van der Waals surface area (Å²) in [5.41, 5.74) is 3.43. The van der Waals surface area contributed by atoms with Gasteiger partial charge in [-0.05, 0) is 36.6 Å². The van der Waals surface area contributed by atoms with E-state index in [0.717, 1.165) is 48.8 Å². The molecule has 0 saturated heterocycles. The number of nitrogens with one attached hydrogen (secondary N) is 2. The van der Waals surface area contributed by atoms with E-state index >= 15 is 0 Å². The van der Waals surface area contributed by atoms with Crippen molar-refractivity contribution >= 4 is 31.2 Å². The Kier molecular flexibility index (Phi) is 23.1. The lowest BCUT2D eigenvalue weighted by Gasteiger charge is -2.26. The summed E-state index contributed by atoms with van der Waals surface area (Å²) in [6, 6.07) is 15.4. The highest BCUT2D eigenvalue weighted by Crippen LogP contribution is 2.41. The number of carbonyl (C=O) groups excluding carboxylic acids is 3. The van der Waals surface area contributed by atoms with Crippen molar-refractivity contribution in [2.75, 3.05) is 97.8 Å². The van der Waals surface area contributed by atoms with Gasteiger partial charge in [0.2, 0.25) is 17.7 Å². The normalized spacial score (nSPS) is 13.0. The summed E-state index contributed by atoms with van der Waals surface area (Å²) in [5, 5.41) is 5.65. The maximum Gasteiger partial charge on any atom is 0.471 e. The summed E-state index contributed by atoms with van der Waals surface area (Å²) in [4.78, 5) is 48.3. The van der Waals surface area contributed by atoms with Gasteiger partial charge in [-0.25, -0.2) is 4.57 Å². The molecule has 1 aliphatic heterocycles. The molecule has 1 unspecified atom stereocenters. The molecule has 2 aromatic rings. The van der Waals surface area contributed by atoms with E-state index in [-0.39, 0.29) is 56.7 Å². The number of ether oxygens (including phenoxy) is 5. The number of phosphoric ester groups is 1. The average molecular weight is 790 g/mol. The van der Waals surface area contributed by atoms with Gasteiger partial charge < -0.3 is 44.1 Å². The van der Waals surface area contributed by atoms with Crippen LogP contribution in [-0.2, 0) is 58.2 Å². The highest BCUT2D eigenvalue weighted by molar-refractivity contribution is 7.47. The summed E-state index contributed by atoms with van der Waals surface area (Å²) >= 11 is 0. The molecule has 15 nitrogen and oxygen atoms in total. The van der Waals surface area contributed by atoms with Gasteiger partial charge in [0.25, 0.3) is 0 Å². The number of amides is 3. The van der Waals surface area contributed by atoms with E-state index in [2.05, 4.69) is 27.0 Å². The first kappa shape index (κ1) is 45.7. The molecule has 0 fully saturated rings. The minimum atomic E-state index is -3.90. The van der Waals surface area contributed by atoms with Gasteiger partial charge in [-0.1, -0.05) is 55.0 Å². The molecular formula is C39H56N3O12P. The zero-order valence-corrected chi connectivity index (χ0v) is 32.7. The smallest absolute Gasteiger partial charge is 0.379 e. The van der Waals surface area contributed by atoms with Crippen LogP contribution in [0.3, 0.4) is 0 Å². The molecule has 0 aromatic heterocycles. The van der Waals surface area contributed by atoms with Crippen LogP contribution in [0.25, 0.3) is 0 Å². The molecule has 3 N–H and O–H groups in total. The third-order valence-corrected chi connectivity index (χ3v) is 9.12. The number of rotatable bonds is 30. The van der Waals surface area contributed by atoms with E-state index in [9.17, 15) is 18.9 Å². The van der Waals surface area contributed by atoms with Gasteiger partial charge in [-0.3, -0.25) is 23.4 Å². The van der Waals surface area contributed by atoms with Crippen molar-refractivity contribution in [1.82, 2.24) is 10.6 Å². The van der Waals surface area contributed by atoms with E-state index in [4.69, 9.17) is 33.1 Å². The highest BCUT2D eigenvalue weighted by Gasteiger charge is 2.21. The molecule has 304 valence electrons. The van der Waals surface area contributed by atoms with Crippen LogP contribution in [0.1, 0.15) is 61.6 Å². The first-order chi connectivity index (χ1) is 26.8. The molecule has 1 atom stereocenters. The molecule has 0 bridgehead atoms. The van der Waals surface area contributed by atoms with Crippen molar-refractivity contribution in [2.24, 2.45) is 0 Å². The fourth-order valence-corrected chi connectivity index (χ4v) is 5.65. The van der Waals surface area contributed by atoms with Crippen LogP contribution >= 0.6 is 7.82 Å². The standard InChI is InChI=1S/C39H56N3O12P/c1-48-55(46,47)54-21-9-3-2-8-19-40-37(43)17-22-49-24-26-51-28-30-53-31-29-52-27-25-50-23-18-38(44)41-20-16-39(45)42-32-35-12-5-4-10-33(35)14-15-34-11-6-7-13-36(34)42/h4-7,10-13H,2-3,8-9,16-32H2,1H3,(H,40,43)(H,41,44)(H,46,47). The average Bonchev–Trinajstić information content (AvgIpc) is 3.17. The van der Waals surface area contributed by atoms with Crippen LogP contribution in [0.5, 0.6) is 0 Å². The first-order valence-corrected chi connectivity index (χ1v) is 20.2. The number of unbranched alkanes of at least 4 members (excludes halogenated alkanes) is 3. The molecule has 3 rings (SSSR count). The van der Waals surface area contributed by atoms with Gasteiger partial charge in [0.15, 0.2) is 0 Å². The topological polar surface area (TPSA) is 180 Å². The van der Waals surface area contributed by atoms with Crippen LogP contribution in [0.2, 0.25) is 0 Å². The predicted molar refractivity (Wildman–Crippen MR) is 205 cm³/mol. The number of fused-ring (bicyclic) bond motifs is 2. The monoisotopic (exact) mass is 789 g/mol. The van der Waals surface area contributed by atoms with Crippen LogP contribution in [0.15, 0.2) is 48.5 Å². The molecule has 2 aromatic carbocycles. The Labute approximate surface area is 324 Å². The summed E-state index contributed by atoms with van der Waals surface area (Å²) in [6.07, 6.45) is 3.75. The lowest BCUT2D eigenvalue weighted by molar-refractivity contribution is -0.123. The number of benzene rings is 2. The minimum Gasteiger partial charge on any atom is -0.379 e. The van der Waals surface area contributed by atoms with Gasteiger partial charge in [-0.15, -0.1) is 0 Å². The first-order valence-electron chi connectivity index (χ1n) is 18.7. The molecule has 55 heavy (non-hydrogen) atoms. The molecule has 3 amide bonds. The predicted octanol–water partition coefficient (Wildman–Crippen LogP) is 3.74. The van der Waals surface area contributed by atoms with Gasteiger partial charge in [0, 0.05) is 50.6 Å². The van der Waals surface area contributed by atoms with Crippen LogP contribution in [-0.4, -0.2) is 115 Å². The van der Waals surface area contributed by atoms with E-state index in [1.54, 1.807) is 4.90 Å². The lowest BCUT2D eigenvalue weighted by Crippen LogP contribution is -2.35. The number of phosphoric acid groups is 1. The summed E-state index contributed by atoms with van der Waals surface area (Å²) in [6.45, 7) is 5.05. The number of anilines is 1. The van der Waals surface area contributed by atoms with Crippen LogP contribution in [0.4, 0.5) is 5.69 Å². The van der Waals surface area contributed by atoms with Crippen LogP contribution in [0, 0.1) is 11.8 Å². The van der Waals surface area contributed by atoms with Crippen molar-refractivity contribution in [3.8, 4) is 11.8 Å². The zero-order chi connectivity index (χ0) is 39.4. The fraction of sp³-hybridized carbons (Fsp3) is 0.564. The molecule has 0 saturated carbocycles. The quantitative estimate of drug-likeness (QED) is 0.0594. The highest BCUT2D eigenvalue weighted by atomic mass is 31.2. The van der Waals surface area contributed by atoms with Crippen molar-refractivity contribution in [2.45, 2.75) is 51.5 Å². The SMILES string of the molecule is COP(=O)(O)OCCCCCCNC(=O)CCOCCOCCOCCOCCOCCC(=O)NCCC(=O)N1Cc2ccccc2C#Cc2ccccc21. The number of nitrogens with zero attached hydrogens (tertiary/aromatic N) is 1. The van der Waals surface area contributed by atoms with E-state index in [1.807, 2.05) is 48.5 Å². The number of para-hydroxylation sites is 1. The Morgan fingerprint density at radius 3 is 1.78 bits per heavy atom. The van der Waals surface area contributed by atoms with Crippen LogP contribution < -0.4 is 15.5 Å². The Hall–Kier alpha value is -3.68. The number of carbonyl (C=O) groups is 3. The van der Waals surface area contributed by atoms with Crippen molar-refractivity contribution < 1.29 is 56.6 Å². The number of hydrogen-bond donors (Lipinski definition) is 3. The van der Waals surface area contributed by atoms with Gasteiger partial charge in [0.1, 0.15) is 0 Å². The second-order valence-electron chi connectivity index (χ2n) is 12.3. The maximum atomic E-state index is 13.3. The molecule has 1 aliphatic rings. The Balaban J connectivity index is 1.06. The summed E-state index contributed by atoms with van der Waals surface area (Å²) < 4.78 is 47.6. The molecule has 0 aliphatic carbocycles. The Bertz CT molecular complexity index is 1550. The lowest BCUT2D eigenvalue weighted by atomic mass is 10.0. The minimum absolute atomic E-state index is 0.0771. The van der Waals surface area contributed by atoms with Gasteiger partial charge in [0.05, 0.1) is 84.9 Å². The molecule has 0 spiro atoms. The molecule has 1 heterocycles. The largest absolute Gasteiger partial charge is 0.471 e. The van der Waals surface area contributed by atoms with E-state index in [1.165, 1.54) is 0 Å². The second-order valence-corrected chi connectivity index (χ2v) is 13.9. The number of hydrogen-bond acceptors (Lipinski definition) is 11. The third-order valence-electron chi connectivity index (χ3n) is 8.15. The maximum absolute atomic E-state index is 13.3. The summed E-state index contributed by atoms with van der Waals surface area (Å²) in [7, 11) is -2.78.